The lowest BCUT2D eigenvalue weighted by molar-refractivity contribution is -0.385. The number of carboxylic acid groups (broad SMARTS) is 1. The summed E-state index contributed by atoms with van der Waals surface area (Å²) in [5, 5.41) is 20.7. The van der Waals surface area contributed by atoms with Crippen LogP contribution in [0.5, 0.6) is 11.5 Å². The van der Waals surface area contributed by atoms with Gasteiger partial charge in [0, 0.05) is 11.6 Å². The molecule has 0 saturated heterocycles. The monoisotopic (exact) mass is 362 g/mol. The van der Waals surface area contributed by atoms with Crippen molar-refractivity contribution in [2.75, 3.05) is 0 Å². The maximum absolute atomic E-state index is 13.7. The van der Waals surface area contributed by atoms with Crippen LogP contribution in [0.15, 0.2) is 42.5 Å². The van der Waals surface area contributed by atoms with Crippen molar-refractivity contribution in [1.82, 2.24) is 4.90 Å². The summed E-state index contributed by atoms with van der Waals surface area (Å²) in [6, 6.07) is 9.67. The fourth-order valence-corrected chi connectivity index (χ4v) is 2.35. The molecule has 2 rings (SSSR count). The van der Waals surface area contributed by atoms with E-state index in [0.717, 1.165) is 4.90 Å². The number of ether oxygens (including phenoxy) is 1. The molecule has 26 heavy (non-hydrogen) atoms. The molecule has 0 aliphatic carbocycles. The second-order valence-corrected chi connectivity index (χ2v) is 6.62. The molecular formula is C18H19FN2O5. The summed E-state index contributed by atoms with van der Waals surface area (Å²) in [5.74, 6) is -0.428. The molecule has 0 unspecified atom stereocenters. The van der Waals surface area contributed by atoms with Crippen LogP contribution < -0.4 is 4.74 Å². The van der Waals surface area contributed by atoms with Crippen molar-refractivity contribution >= 4 is 11.8 Å². The van der Waals surface area contributed by atoms with Gasteiger partial charge < -0.3 is 9.84 Å². The summed E-state index contributed by atoms with van der Waals surface area (Å²) in [6.07, 6.45) is -1.20. The van der Waals surface area contributed by atoms with E-state index in [1.54, 1.807) is 26.8 Å². The first kappa shape index (κ1) is 19.2. The predicted molar refractivity (Wildman–Crippen MR) is 92.9 cm³/mol. The first-order valence-corrected chi connectivity index (χ1v) is 7.80. The standard InChI is InChI=1S/C18H19FN2O5/c1-18(2,3)20(17(22)23)11-12-10-13(8-9-15(12)21(24)25)26-16-7-5-4-6-14(16)19/h4-10H,11H2,1-3H3,(H,22,23). The third-order valence-electron chi connectivity index (χ3n) is 3.68. The van der Waals surface area contributed by atoms with Crippen LogP contribution in [0.3, 0.4) is 0 Å². The van der Waals surface area contributed by atoms with Crippen molar-refractivity contribution in [3.05, 3.63) is 64.0 Å². The van der Waals surface area contributed by atoms with Crippen molar-refractivity contribution in [3.63, 3.8) is 0 Å². The fraction of sp³-hybridized carbons (Fsp3) is 0.278. The molecule has 1 N–H and O–H groups in total. The van der Waals surface area contributed by atoms with E-state index in [1.807, 2.05) is 0 Å². The molecule has 0 aromatic heterocycles. The average molecular weight is 362 g/mol. The zero-order valence-corrected chi connectivity index (χ0v) is 14.6. The summed E-state index contributed by atoms with van der Waals surface area (Å²) in [6.45, 7) is 4.86. The highest BCUT2D eigenvalue weighted by Gasteiger charge is 2.29. The largest absolute Gasteiger partial charge is 0.465 e. The minimum absolute atomic E-state index is 0.0294. The van der Waals surface area contributed by atoms with E-state index in [9.17, 15) is 24.4 Å². The van der Waals surface area contributed by atoms with Crippen LogP contribution in [0.1, 0.15) is 26.3 Å². The van der Waals surface area contributed by atoms with Crippen molar-refractivity contribution in [3.8, 4) is 11.5 Å². The maximum atomic E-state index is 13.7. The van der Waals surface area contributed by atoms with Gasteiger partial charge in [0.05, 0.1) is 17.0 Å². The average Bonchev–Trinajstić information content (AvgIpc) is 2.53. The van der Waals surface area contributed by atoms with E-state index in [-0.39, 0.29) is 29.3 Å². The van der Waals surface area contributed by atoms with Gasteiger partial charge in [0.1, 0.15) is 5.75 Å². The van der Waals surface area contributed by atoms with Gasteiger partial charge in [-0.3, -0.25) is 15.0 Å². The van der Waals surface area contributed by atoms with Gasteiger partial charge >= 0.3 is 6.09 Å². The Balaban J connectivity index is 2.41. The van der Waals surface area contributed by atoms with Gasteiger partial charge in [-0.2, -0.15) is 0 Å². The lowest BCUT2D eigenvalue weighted by Gasteiger charge is -2.33. The number of carbonyl (C=O) groups is 1. The molecule has 0 aliphatic heterocycles. The van der Waals surface area contributed by atoms with Gasteiger partial charge in [0.15, 0.2) is 11.6 Å². The molecule has 8 heteroatoms. The molecule has 0 heterocycles. The highest BCUT2D eigenvalue weighted by molar-refractivity contribution is 5.66. The predicted octanol–water partition coefficient (Wildman–Crippen LogP) is 4.80. The third kappa shape index (κ3) is 4.47. The number of amides is 1. The van der Waals surface area contributed by atoms with E-state index >= 15 is 0 Å². The van der Waals surface area contributed by atoms with Crippen LogP contribution >= 0.6 is 0 Å². The van der Waals surface area contributed by atoms with E-state index in [4.69, 9.17) is 4.74 Å². The number of nitro benzene ring substituents is 1. The van der Waals surface area contributed by atoms with Crippen LogP contribution in [-0.4, -0.2) is 26.6 Å². The molecule has 7 nitrogen and oxygen atoms in total. The molecule has 0 saturated carbocycles. The fourth-order valence-electron chi connectivity index (χ4n) is 2.35. The Morgan fingerprint density at radius 3 is 2.46 bits per heavy atom. The zero-order chi connectivity index (χ0) is 19.5. The number of benzene rings is 2. The zero-order valence-electron chi connectivity index (χ0n) is 14.6. The Morgan fingerprint density at radius 2 is 1.92 bits per heavy atom. The maximum Gasteiger partial charge on any atom is 0.408 e. The molecule has 2 aromatic carbocycles. The third-order valence-corrected chi connectivity index (χ3v) is 3.68. The van der Waals surface area contributed by atoms with Gasteiger partial charge in [-0.25, -0.2) is 9.18 Å². The molecule has 0 radical (unpaired) electrons. The Labute approximate surface area is 149 Å². The van der Waals surface area contributed by atoms with Gasteiger partial charge in [0.2, 0.25) is 0 Å². The lowest BCUT2D eigenvalue weighted by atomic mass is 10.0. The van der Waals surface area contributed by atoms with E-state index in [1.165, 1.54) is 36.4 Å². The summed E-state index contributed by atoms with van der Waals surface area (Å²) in [7, 11) is 0. The molecule has 138 valence electrons. The normalized spacial score (nSPS) is 11.1. The molecule has 0 bridgehead atoms. The minimum atomic E-state index is -1.20. The van der Waals surface area contributed by atoms with Crippen molar-refractivity contribution in [2.24, 2.45) is 0 Å². The molecule has 0 atom stereocenters. The Kier molecular flexibility index (Phi) is 5.44. The Morgan fingerprint density at radius 1 is 1.27 bits per heavy atom. The van der Waals surface area contributed by atoms with Crippen molar-refractivity contribution < 1.29 is 24.0 Å². The number of nitrogens with zero attached hydrogens (tertiary/aromatic N) is 2. The first-order chi connectivity index (χ1) is 12.1. The van der Waals surface area contributed by atoms with Crippen LogP contribution in [0, 0.1) is 15.9 Å². The van der Waals surface area contributed by atoms with E-state index < -0.39 is 22.4 Å². The lowest BCUT2D eigenvalue weighted by Crippen LogP contribution is -2.44. The molecule has 0 fully saturated rings. The summed E-state index contributed by atoms with van der Waals surface area (Å²) in [5.41, 5.74) is -0.843. The number of para-hydroxylation sites is 1. The molecular weight excluding hydrogens is 343 g/mol. The summed E-state index contributed by atoms with van der Waals surface area (Å²) in [4.78, 5) is 23.3. The van der Waals surface area contributed by atoms with E-state index in [2.05, 4.69) is 0 Å². The van der Waals surface area contributed by atoms with Gasteiger partial charge in [-0.1, -0.05) is 12.1 Å². The summed E-state index contributed by atoms with van der Waals surface area (Å²) < 4.78 is 19.2. The van der Waals surface area contributed by atoms with Crippen LogP contribution in [0.2, 0.25) is 0 Å². The van der Waals surface area contributed by atoms with Gasteiger partial charge in [-0.15, -0.1) is 0 Å². The SMILES string of the molecule is CC(C)(C)N(Cc1cc(Oc2ccccc2F)ccc1[N+](=O)[O-])C(=O)O. The van der Waals surface area contributed by atoms with Gasteiger partial charge in [-0.05, 0) is 45.0 Å². The smallest absolute Gasteiger partial charge is 0.408 e. The molecule has 0 aliphatic rings. The number of rotatable bonds is 5. The second-order valence-electron chi connectivity index (χ2n) is 6.62. The van der Waals surface area contributed by atoms with Crippen LogP contribution in [0.25, 0.3) is 0 Å². The highest BCUT2D eigenvalue weighted by Crippen LogP contribution is 2.31. The highest BCUT2D eigenvalue weighted by atomic mass is 19.1. The summed E-state index contributed by atoms with van der Waals surface area (Å²) >= 11 is 0. The van der Waals surface area contributed by atoms with Gasteiger partial charge in [0.25, 0.3) is 5.69 Å². The van der Waals surface area contributed by atoms with Crippen molar-refractivity contribution in [2.45, 2.75) is 32.9 Å². The first-order valence-electron chi connectivity index (χ1n) is 7.80. The Hall–Kier alpha value is -3.16. The molecule has 1 amide bonds. The number of halogens is 1. The number of hydrogen-bond acceptors (Lipinski definition) is 4. The number of nitro groups is 1. The quantitative estimate of drug-likeness (QED) is 0.609. The Bertz CT molecular complexity index is 833. The van der Waals surface area contributed by atoms with E-state index in [0.29, 0.717) is 0 Å². The second kappa shape index (κ2) is 7.38. The van der Waals surface area contributed by atoms with Crippen LogP contribution in [0.4, 0.5) is 14.9 Å². The molecule has 0 spiro atoms. The number of hydrogen-bond donors (Lipinski definition) is 1. The van der Waals surface area contributed by atoms with Crippen LogP contribution in [-0.2, 0) is 6.54 Å². The topological polar surface area (TPSA) is 92.9 Å². The van der Waals surface area contributed by atoms with Crippen molar-refractivity contribution in [1.29, 1.82) is 0 Å². The minimum Gasteiger partial charge on any atom is -0.465 e. The molecule has 2 aromatic rings.